The first-order chi connectivity index (χ1) is 24.3. The number of carboxylic acids is 1. The maximum Gasteiger partial charge on any atom is 0.317 e. The highest BCUT2D eigenvalue weighted by Gasteiger charge is 2.64. The molecule has 6 heterocycles. The van der Waals surface area contributed by atoms with Crippen LogP contribution in [0.5, 0.6) is 28.7 Å². The van der Waals surface area contributed by atoms with Crippen LogP contribution in [0.3, 0.4) is 0 Å². The van der Waals surface area contributed by atoms with E-state index >= 15 is 0 Å². The van der Waals surface area contributed by atoms with E-state index in [0.29, 0.717) is 42.4 Å². The molecule has 16 nitrogen and oxygen atoms in total. The Morgan fingerprint density at radius 2 is 1.84 bits per heavy atom. The van der Waals surface area contributed by atoms with Gasteiger partial charge in [-0.1, -0.05) is 0 Å². The van der Waals surface area contributed by atoms with Gasteiger partial charge in [-0.25, -0.2) is 0 Å². The zero-order valence-electron chi connectivity index (χ0n) is 27.0. The molecule has 0 amide bonds. The SMILES string of the molecule is NCCO[C@@H]1O[C@@H]2[C@@H](OC(=O)CC(=O)O)CC[C@H]3O[C@@]2(CC[C@@H]3CO)[C@H](O)[C@H]1OOc1ccc2c(c1)[C@H]1Oc3cc4c(cc3[C@H]1CO2)OCO4. The summed E-state index contributed by atoms with van der Waals surface area (Å²) in [6, 6.07) is 8.90. The van der Waals surface area contributed by atoms with Crippen LogP contribution in [-0.2, 0) is 33.4 Å². The highest BCUT2D eigenvalue weighted by Crippen LogP contribution is 2.55. The number of carbonyl (C=O) groups excluding carboxylic acids is 1. The highest BCUT2D eigenvalue weighted by molar-refractivity contribution is 5.90. The first-order valence-electron chi connectivity index (χ1n) is 16.8. The molecule has 0 saturated carbocycles. The number of aliphatic hydroxyl groups excluding tert-OH is 2. The minimum atomic E-state index is -1.47. The molecule has 8 rings (SSSR count). The van der Waals surface area contributed by atoms with Gasteiger partial charge in [0.1, 0.15) is 47.9 Å². The van der Waals surface area contributed by atoms with Crippen molar-refractivity contribution in [1.82, 2.24) is 0 Å². The lowest BCUT2D eigenvalue weighted by Crippen LogP contribution is -2.72. The smallest absolute Gasteiger partial charge is 0.317 e. The highest BCUT2D eigenvalue weighted by atomic mass is 17.2. The first kappa shape index (κ1) is 33.3. The Balaban J connectivity index is 1.05. The molecule has 0 aromatic heterocycles. The van der Waals surface area contributed by atoms with Gasteiger partial charge < -0.3 is 63.8 Å². The van der Waals surface area contributed by atoms with Crippen molar-refractivity contribution < 1.29 is 72.6 Å². The largest absolute Gasteiger partial charge is 0.492 e. The third-order valence-corrected chi connectivity index (χ3v) is 10.4. The average Bonchev–Trinajstić information content (AvgIpc) is 3.69. The number of aliphatic hydroxyl groups is 2. The van der Waals surface area contributed by atoms with Crippen LogP contribution in [-0.4, -0.2) is 103 Å². The van der Waals surface area contributed by atoms with Crippen LogP contribution in [0.1, 0.15) is 55.3 Å². The Bertz CT molecular complexity index is 1620. The zero-order valence-corrected chi connectivity index (χ0v) is 27.0. The van der Waals surface area contributed by atoms with Gasteiger partial charge in [0.15, 0.2) is 29.6 Å². The molecule has 0 radical (unpaired) electrons. The minimum Gasteiger partial charge on any atom is -0.492 e. The molecule has 5 N–H and O–H groups in total. The summed E-state index contributed by atoms with van der Waals surface area (Å²) in [5, 5.41) is 31.3. The molecule has 16 heteroatoms. The molecule has 0 unspecified atom stereocenters. The van der Waals surface area contributed by atoms with E-state index in [0.717, 1.165) is 11.1 Å². The predicted octanol–water partition coefficient (Wildman–Crippen LogP) is 1.47. The number of hydrogen-bond acceptors (Lipinski definition) is 15. The number of hydrogen-bond donors (Lipinski definition) is 4. The second-order valence-electron chi connectivity index (χ2n) is 13.3. The summed E-state index contributed by atoms with van der Waals surface area (Å²) in [7, 11) is 0. The van der Waals surface area contributed by atoms with Gasteiger partial charge in [0.05, 0.1) is 25.2 Å². The van der Waals surface area contributed by atoms with Crippen molar-refractivity contribution in [2.45, 2.75) is 86.5 Å². The van der Waals surface area contributed by atoms with E-state index in [2.05, 4.69) is 0 Å². The van der Waals surface area contributed by atoms with Gasteiger partial charge in [-0.2, -0.15) is 4.89 Å². The summed E-state index contributed by atoms with van der Waals surface area (Å²) in [4.78, 5) is 35.6. The normalized spacial score (nSPS) is 34.5. The fourth-order valence-corrected chi connectivity index (χ4v) is 8.04. The van der Waals surface area contributed by atoms with E-state index < -0.39 is 60.8 Å². The maximum absolute atomic E-state index is 12.5. The first-order valence-corrected chi connectivity index (χ1v) is 16.8. The minimum absolute atomic E-state index is 0.0349. The van der Waals surface area contributed by atoms with Gasteiger partial charge in [0.2, 0.25) is 6.79 Å². The molecule has 2 aromatic rings. The van der Waals surface area contributed by atoms with Gasteiger partial charge in [-0.3, -0.25) is 9.59 Å². The van der Waals surface area contributed by atoms with Crippen LogP contribution in [0.25, 0.3) is 0 Å². The molecule has 3 fully saturated rings. The summed E-state index contributed by atoms with van der Waals surface area (Å²) in [5.74, 6) is 0.251. The summed E-state index contributed by atoms with van der Waals surface area (Å²) in [6.07, 6.45) is -6.39. The average molecular weight is 702 g/mol. The summed E-state index contributed by atoms with van der Waals surface area (Å²) in [6.45, 7) is 0.585. The second kappa shape index (κ2) is 13.3. The molecule has 1 spiro atoms. The van der Waals surface area contributed by atoms with Crippen molar-refractivity contribution in [3.8, 4) is 28.7 Å². The van der Waals surface area contributed by atoms with Crippen LogP contribution in [0.15, 0.2) is 30.3 Å². The van der Waals surface area contributed by atoms with Gasteiger partial charge in [-0.05, 0) is 49.9 Å². The topological polar surface area (TPSA) is 213 Å². The Hall–Kier alpha value is -3.90. The van der Waals surface area contributed by atoms with Crippen LogP contribution >= 0.6 is 0 Å². The lowest BCUT2D eigenvalue weighted by molar-refractivity contribution is -0.406. The number of benzene rings is 2. The molecule has 0 aliphatic carbocycles. The Morgan fingerprint density at radius 1 is 1.00 bits per heavy atom. The molecule has 2 aromatic carbocycles. The molecule has 6 aliphatic rings. The van der Waals surface area contributed by atoms with Gasteiger partial charge in [0, 0.05) is 36.3 Å². The number of nitrogens with two attached hydrogens (primary N) is 1. The molecule has 2 bridgehead atoms. The van der Waals surface area contributed by atoms with Crippen molar-refractivity contribution in [2.24, 2.45) is 11.7 Å². The van der Waals surface area contributed by atoms with Gasteiger partial charge >= 0.3 is 11.9 Å². The second-order valence-corrected chi connectivity index (χ2v) is 13.3. The van der Waals surface area contributed by atoms with Crippen LogP contribution in [0.4, 0.5) is 0 Å². The number of fused-ring (bicyclic) bond motifs is 7. The number of ether oxygens (including phenoxy) is 8. The third-order valence-electron chi connectivity index (χ3n) is 10.4. The maximum atomic E-state index is 12.5. The van der Waals surface area contributed by atoms with E-state index in [1.165, 1.54) is 0 Å². The molecule has 10 atom stereocenters. The van der Waals surface area contributed by atoms with E-state index in [9.17, 15) is 19.8 Å². The standard InChI is InChI=1S/C34H39NO15/c35-7-8-41-33-30(31(40)34-6-5-16(13-36)21(48-34)3-4-23(32(34)47-33)45-28(39)12-27(37)38)50-49-17-1-2-22-19(9-17)29-20(14-42-22)18-10-25-26(44-15-43-25)11-24(18)46-29/h1-2,9-11,16,20-21,23,29-33,36,40H,3-8,12-15,35H2,(H,37,38)/t16-,20-,21-,23+,29-,30-,31-,32-,33-,34+/m1/s1. The van der Waals surface area contributed by atoms with E-state index in [1.807, 2.05) is 12.1 Å². The molecular formula is C34H39NO15. The summed E-state index contributed by atoms with van der Waals surface area (Å²) in [5.41, 5.74) is 5.96. The van der Waals surface area contributed by atoms with Crippen molar-refractivity contribution >= 4 is 11.9 Å². The molecular weight excluding hydrogens is 662 g/mol. The van der Waals surface area contributed by atoms with Crippen molar-refractivity contribution in [2.75, 3.05) is 33.2 Å². The van der Waals surface area contributed by atoms with Crippen LogP contribution < -0.4 is 29.6 Å². The zero-order chi connectivity index (χ0) is 34.6. The number of rotatable bonds is 10. The van der Waals surface area contributed by atoms with Crippen molar-refractivity contribution in [1.29, 1.82) is 0 Å². The Morgan fingerprint density at radius 3 is 2.64 bits per heavy atom. The molecule has 50 heavy (non-hydrogen) atoms. The van der Waals surface area contributed by atoms with Crippen molar-refractivity contribution in [3.63, 3.8) is 0 Å². The van der Waals surface area contributed by atoms with Crippen LogP contribution in [0, 0.1) is 5.92 Å². The number of carbonyl (C=O) groups is 2. The number of aliphatic carboxylic acids is 1. The summed E-state index contributed by atoms with van der Waals surface area (Å²) < 4.78 is 48.1. The van der Waals surface area contributed by atoms with Gasteiger partial charge in [-0.15, -0.1) is 0 Å². The molecule has 3 saturated heterocycles. The molecule has 6 aliphatic heterocycles. The fraction of sp³-hybridized carbons (Fsp3) is 0.588. The van der Waals surface area contributed by atoms with Crippen LogP contribution in [0.2, 0.25) is 0 Å². The lowest BCUT2D eigenvalue weighted by atomic mass is 9.75. The quantitative estimate of drug-likeness (QED) is 0.119. The van der Waals surface area contributed by atoms with Gasteiger partial charge in [0.25, 0.3) is 0 Å². The summed E-state index contributed by atoms with van der Waals surface area (Å²) >= 11 is 0. The molecule has 270 valence electrons. The van der Waals surface area contributed by atoms with Crippen molar-refractivity contribution in [3.05, 3.63) is 41.5 Å². The predicted molar refractivity (Wildman–Crippen MR) is 165 cm³/mol. The monoisotopic (exact) mass is 701 g/mol. The third kappa shape index (κ3) is 5.78. The Kier molecular flexibility index (Phi) is 8.87. The van der Waals surface area contributed by atoms with E-state index in [4.69, 9.17) is 58.5 Å². The lowest BCUT2D eigenvalue weighted by Gasteiger charge is -2.55. The number of esters is 1. The fourth-order valence-electron chi connectivity index (χ4n) is 8.04. The Labute approximate surface area is 286 Å². The van der Waals surface area contributed by atoms with E-state index in [-0.39, 0.29) is 63.1 Å². The van der Waals surface area contributed by atoms with E-state index in [1.54, 1.807) is 18.2 Å². The number of carboxylic acid groups (broad SMARTS) is 1.